The van der Waals surface area contributed by atoms with E-state index in [1.807, 2.05) is 6.92 Å². The maximum atomic E-state index is 4.33. The van der Waals surface area contributed by atoms with Crippen LogP contribution in [0.3, 0.4) is 0 Å². The quantitative estimate of drug-likeness (QED) is 0.770. The molecule has 15 heavy (non-hydrogen) atoms. The van der Waals surface area contributed by atoms with Crippen molar-refractivity contribution in [2.45, 2.75) is 27.7 Å². The minimum atomic E-state index is 0.777. The summed E-state index contributed by atoms with van der Waals surface area (Å²) in [6.07, 6.45) is 0. The molecule has 3 heteroatoms. The Bertz CT molecular complexity index is 474. The first-order valence-corrected chi connectivity index (χ1v) is 5.05. The number of aromatic amines is 1. The third-order valence-corrected chi connectivity index (χ3v) is 2.78. The highest BCUT2D eigenvalue weighted by Crippen LogP contribution is 2.21. The summed E-state index contributed by atoms with van der Waals surface area (Å²) in [7, 11) is 0. The van der Waals surface area contributed by atoms with Crippen LogP contribution in [-0.2, 0) is 0 Å². The van der Waals surface area contributed by atoms with E-state index in [-0.39, 0.29) is 0 Å². The molecule has 0 fully saturated rings. The second-order valence-corrected chi connectivity index (χ2v) is 3.98. The molecule has 1 heterocycles. The van der Waals surface area contributed by atoms with E-state index in [4.69, 9.17) is 0 Å². The molecule has 0 aliphatic carbocycles. The number of hydrogen-bond donors (Lipinski definition) is 1. The van der Waals surface area contributed by atoms with Crippen LogP contribution >= 0.6 is 0 Å². The molecular formula is C12H15N3. The van der Waals surface area contributed by atoms with Crippen LogP contribution in [0.15, 0.2) is 12.1 Å². The number of rotatable bonds is 1. The van der Waals surface area contributed by atoms with Gasteiger partial charge in [0.05, 0.1) is 0 Å². The molecule has 0 aliphatic heterocycles. The minimum Gasteiger partial charge on any atom is -0.263 e. The Hall–Kier alpha value is -1.64. The highest BCUT2D eigenvalue weighted by Gasteiger charge is 2.06. The average Bonchev–Trinajstić information content (AvgIpc) is 2.60. The first kappa shape index (κ1) is 9.90. The first-order valence-electron chi connectivity index (χ1n) is 5.05. The molecule has 2 aromatic rings. The molecular weight excluding hydrogens is 186 g/mol. The fourth-order valence-corrected chi connectivity index (χ4v) is 1.64. The maximum Gasteiger partial charge on any atom is 0.181 e. The second-order valence-electron chi connectivity index (χ2n) is 3.98. The van der Waals surface area contributed by atoms with Gasteiger partial charge in [-0.25, -0.2) is 4.98 Å². The lowest BCUT2D eigenvalue weighted by Crippen LogP contribution is -1.90. The summed E-state index contributed by atoms with van der Waals surface area (Å²) in [5.74, 6) is 1.62. The molecule has 0 saturated carbocycles. The molecule has 0 radical (unpaired) electrons. The van der Waals surface area contributed by atoms with Crippen LogP contribution in [0.25, 0.3) is 11.4 Å². The van der Waals surface area contributed by atoms with Crippen molar-refractivity contribution in [3.63, 3.8) is 0 Å². The second kappa shape index (κ2) is 3.50. The topological polar surface area (TPSA) is 41.6 Å². The van der Waals surface area contributed by atoms with E-state index in [1.54, 1.807) is 0 Å². The van der Waals surface area contributed by atoms with Crippen molar-refractivity contribution in [3.8, 4) is 11.4 Å². The molecule has 0 unspecified atom stereocenters. The molecule has 0 amide bonds. The fourth-order valence-electron chi connectivity index (χ4n) is 1.64. The number of nitrogens with one attached hydrogen (secondary N) is 1. The number of aromatic nitrogens is 3. The van der Waals surface area contributed by atoms with Crippen molar-refractivity contribution >= 4 is 0 Å². The Morgan fingerprint density at radius 1 is 1.00 bits per heavy atom. The molecule has 78 valence electrons. The van der Waals surface area contributed by atoms with Crippen LogP contribution in [0, 0.1) is 27.7 Å². The Morgan fingerprint density at radius 2 is 1.60 bits per heavy atom. The lowest BCUT2D eigenvalue weighted by molar-refractivity contribution is 1.04. The van der Waals surface area contributed by atoms with Gasteiger partial charge < -0.3 is 0 Å². The Morgan fingerprint density at radius 3 is 2.07 bits per heavy atom. The molecule has 3 nitrogen and oxygen atoms in total. The largest absolute Gasteiger partial charge is 0.263 e. The van der Waals surface area contributed by atoms with E-state index in [0.717, 1.165) is 17.2 Å². The molecule has 0 spiro atoms. The van der Waals surface area contributed by atoms with Crippen molar-refractivity contribution in [1.29, 1.82) is 0 Å². The van der Waals surface area contributed by atoms with E-state index < -0.39 is 0 Å². The van der Waals surface area contributed by atoms with Gasteiger partial charge in [-0.2, -0.15) is 5.10 Å². The smallest absolute Gasteiger partial charge is 0.181 e. The Kier molecular flexibility index (Phi) is 2.31. The van der Waals surface area contributed by atoms with Gasteiger partial charge in [0, 0.05) is 5.56 Å². The van der Waals surface area contributed by atoms with Crippen molar-refractivity contribution in [3.05, 3.63) is 34.6 Å². The third-order valence-electron chi connectivity index (χ3n) is 2.78. The zero-order valence-corrected chi connectivity index (χ0v) is 9.55. The van der Waals surface area contributed by atoms with Gasteiger partial charge >= 0.3 is 0 Å². The summed E-state index contributed by atoms with van der Waals surface area (Å²) in [5.41, 5.74) is 4.99. The van der Waals surface area contributed by atoms with Crippen molar-refractivity contribution in [2.24, 2.45) is 0 Å². The van der Waals surface area contributed by atoms with Gasteiger partial charge in [0.2, 0.25) is 0 Å². The lowest BCUT2D eigenvalue weighted by atomic mass is 10.0. The highest BCUT2D eigenvalue weighted by molar-refractivity contribution is 5.59. The molecule has 0 atom stereocenters. The summed E-state index contributed by atoms with van der Waals surface area (Å²) < 4.78 is 0. The number of nitrogens with zero attached hydrogens (tertiary/aromatic N) is 2. The van der Waals surface area contributed by atoms with Crippen LogP contribution in [0.2, 0.25) is 0 Å². The molecule has 0 bridgehead atoms. The minimum absolute atomic E-state index is 0.777. The van der Waals surface area contributed by atoms with Crippen LogP contribution in [0.5, 0.6) is 0 Å². The van der Waals surface area contributed by atoms with Gasteiger partial charge in [-0.3, -0.25) is 5.10 Å². The predicted molar refractivity (Wildman–Crippen MR) is 60.8 cm³/mol. The monoisotopic (exact) mass is 201 g/mol. The highest BCUT2D eigenvalue weighted by atomic mass is 15.2. The zero-order chi connectivity index (χ0) is 11.0. The van der Waals surface area contributed by atoms with Gasteiger partial charge in [0.15, 0.2) is 5.82 Å². The van der Waals surface area contributed by atoms with E-state index in [2.05, 4.69) is 48.1 Å². The van der Waals surface area contributed by atoms with Crippen LogP contribution < -0.4 is 0 Å². The normalized spacial score (nSPS) is 10.7. The van der Waals surface area contributed by atoms with E-state index in [9.17, 15) is 0 Å². The average molecular weight is 201 g/mol. The fraction of sp³-hybridized carbons (Fsp3) is 0.333. The van der Waals surface area contributed by atoms with Gasteiger partial charge in [-0.15, -0.1) is 0 Å². The van der Waals surface area contributed by atoms with Crippen molar-refractivity contribution in [2.75, 3.05) is 0 Å². The molecule has 1 N–H and O–H groups in total. The standard InChI is InChI=1S/C12H15N3/c1-7-5-11(6-8(2)9(7)3)12-13-10(4)14-15-12/h5-6H,1-4H3,(H,13,14,15). The molecule has 1 aromatic heterocycles. The summed E-state index contributed by atoms with van der Waals surface area (Å²) in [6.45, 7) is 8.28. The van der Waals surface area contributed by atoms with E-state index in [0.29, 0.717) is 0 Å². The lowest BCUT2D eigenvalue weighted by Gasteiger charge is -2.06. The van der Waals surface area contributed by atoms with Crippen LogP contribution in [0.4, 0.5) is 0 Å². The van der Waals surface area contributed by atoms with Gasteiger partial charge in [-0.1, -0.05) is 0 Å². The maximum absolute atomic E-state index is 4.33. The van der Waals surface area contributed by atoms with E-state index >= 15 is 0 Å². The van der Waals surface area contributed by atoms with Crippen molar-refractivity contribution in [1.82, 2.24) is 15.2 Å². The van der Waals surface area contributed by atoms with Crippen LogP contribution in [0.1, 0.15) is 22.5 Å². The van der Waals surface area contributed by atoms with Gasteiger partial charge in [-0.05, 0) is 56.5 Å². The zero-order valence-electron chi connectivity index (χ0n) is 9.55. The summed E-state index contributed by atoms with van der Waals surface area (Å²) >= 11 is 0. The Labute approximate surface area is 89.6 Å². The van der Waals surface area contributed by atoms with Gasteiger partial charge in [0.1, 0.15) is 5.82 Å². The number of hydrogen-bond acceptors (Lipinski definition) is 2. The summed E-state index contributed by atoms with van der Waals surface area (Å²) in [4.78, 5) is 4.33. The number of H-pyrrole nitrogens is 1. The molecule has 0 aliphatic rings. The number of benzene rings is 1. The molecule has 2 rings (SSSR count). The summed E-state index contributed by atoms with van der Waals surface area (Å²) in [6, 6.07) is 4.26. The Balaban J connectivity index is 2.55. The van der Waals surface area contributed by atoms with Gasteiger partial charge in [0.25, 0.3) is 0 Å². The first-order chi connectivity index (χ1) is 7.08. The predicted octanol–water partition coefficient (Wildman–Crippen LogP) is 2.71. The number of aryl methyl sites for hydroxylation is 3. The SMILES string of the molecule is Cc1nc(-c2cc(C)c(C)c(C)c2)n[nH]1. The van der Waals surface area contributed by atoms with Crippen LogP contribution in [-0.4, -0.2) is 15.2 Å². The third kappa shape index (κ3) is 1.77. The summed E-state index contributed by atoms with van der Waals surface area (Å²) in [5, 5.41) is 7.02. The molecule has 0 saturated heterocycles. The van der Waals surface area contributed by atoms with E-state index in [1.165, 1.54) is 16.7 Å². The van der Waals surface area contributed by atoms with Crippen molar-refractivity contribution < 1.29 is 0 Å². The molecule has 1 aromatic carbocycles.